The summed E-state index contributed by atoms with van der Waals surface area (Å²) >= 11 is 0. The van der Waals surface area contributed by atoms with Gasteiger partial charge in [-0.25, -0.2) is 4.79 Å². The number of amides is 4. The molecule has 0 saturated carbocycles. The van der Waals surface area contributed by atoms with E-state index in [1.807, 2.05) is 0 Å². The molecule has 0 bridgehead atoms. The molecule has 1 aliphatic heterocycles. The molecule has 1 heterocycles. The lowest BCUT2D eigenvalue weighted by atomic mass is 10.2. The zero-order chi connectivity index (χ0) is 19.1. The summed E-state index contributed by atoms with van der Waals surface area (Å²) in [6.45, 7) is 3.19. The zero-order valence-corrected chi connectivity index (χ0v) is 14.8. The van der Waals surface area contributed by atoms with Crippen LogP contribution in [0.1, 0.15) is 12.5 Å². The van der Waals surface area contributed by atoms with Crippen LogP contribution in [0.4, 0.5) is 10.5 Å². The maximum Gasteiger partial charge on any atom is 0.411 e. The van der Waals surface area contributed by atoms with Crippen LogP contribution in [-0.2, 0) is 25.7 Å². The number of anilines is 1. The number of carbonyl (C=O) groups is 4. The van der Waals surface area contributed by atoms with Crippen LogP contribution < -0.4 is 10.6 Å². The van der Waals surface area contributed by atoms with Gasteiger partial charge in [-0.1, -0.05) is 12.1 Å². The Balaban J connectivity index is 1.81. The van der Waals surface area contributed by atoms with Gasteiger partial charge in [0, 0.05) is 31.9 Å². The number of methoxy groups -OCH3 is 1. The summed E-state index contributed by atoms with van der Waals surface area (Å²) in [7, 11) is 1.28. The normalized spacial score (nSPS) is 14.2. The summed E-state index contributed by atoms with van der Waals surface area (Å²) in [4.78, 5) is 49.6. The number of nitrogens with one attached hydrogen (secondary N) is 2. The molecule has 4 amide bonds. The van der Waals surface area contributed by atoms with Crippen molar-refractivity contribution >= 4 is 29.5 Å². The average Bonchev–Trinajstić information content (AvgIpc) is 2.65. The van der Waals surface area contributed by atoms with Gasteiger partial charge >= 0.3 is 17.9 Å². The Morgan fingerprint density at radius 2 is 1.69 bits per heavy atom. The molecule has 0 radical (unpaired) electrons. The van der Waals surface area contributed by atoms with Crippen molar-refractivity contribution in [3.8, 4) is 0 Å². The predicted octanol–water partition coefficient (Wildman–Crippen LogP) is 0.172. The number of nitrogens with zero attached hydrogens (tertiary/aromatic N) is 2. The molecule has 0 spiro atoms. The molecule has 9 nitrogen and oxygen atoms in total. The SMILES string of the molecule is CCN1CCN(CC(=O)NCc2ccc(NC(=O)OC)cc2)C(=O)C1=O. The fraction of sp³-hybridized carbons (Fsp3) is 0.412. The summed E-state index contributed by atoms with van der Waals surface area (Å²) in [6, 6.07) is 6.87. The molecule has 2 N–H and O–H groups in total. The van der Waals surface area contributed by atoms with Crippen LogP contribution in [0.25, 0.3) is 0 Å². The minimum absolute atomic E-state index is 0.149. The molecule has 9 heteroatoms. The molecule has 26 heavy (non-hydrogen) atoms. The van der Waals surface area contributed by atoms with E-state index in [4.69, 9.17) is 0 Å². The van der Waals surface area contributed by atoms with E-state index in [1.165, 1.54) is 16.9 Å². The quantitative estimate of drug-likeness (QED) is 0.702. The molecular weight excluding hydrogens is 340 g/mol. The number of piperazine rings is 1. The maximum absolute atomic E-state index is 12.0. The van der Waals surface area contributed by atoms with Crippen LogP contribution in [0.15, 0.2) is 24.3 Å². The Kier molecular flexibility index (Phi) is 6.54. The number of ether oxygens (including phenoxy) is 1. The van der Waals surface area contributed by atoms with Gasteiger partial charge in [-0.2, -0.15) is 0 Å². The first-order chi connectivity index (χ1) is 12.4. The molecule has 1 aliphatic rings. The van der Waals surface area contributed by atoms with Gasteiger partial charge in [-0.05, 0) is 24.6 Å². The van der Waals surface area contributed by atoms with Gasteiger partial charge < -0.3 is 19.9 Å². The smallest absolute Gasteiger partial charge is 0.411 e. The number of rotatable bonds is 6. The van der Waals surface area contributed by atoms with Crippen molar-refractivity contribution in [2.75, 3.05) is 38.6 Å². The Hall–Kier alpha value is -3.10. The van der Waals surface area contributed by atoms with Gasteiger partial charge in [-0.15, -0.1) is 0 Å². The van der Waals surface area contributed by atoms with E-state index < -0.39 is 17.9 Å². The first-order valence-corrected chi connectivity index (χ1v) is 8.23. The summed E-state index contributed by atoms with van der Waals surface area (Å²) in [5, 5.41) is 5.24. The lowest BCUT2D eigenvalue weighted by Crippen LogP contribution is -2.56. The number of carbonyl (C=O) groups excluding carboxylic acids is 4. The molecule has 2 rings (SSSR count). The van der Waals surface area contributed by atoms with Crippen molar-refractivity contribution in [2.24, 2.45) is 0 Å². The minimum atomic E-state index is -0.647. The summed E-state index contributed by atoms with van der Waals surface area (Å²) in [6.07, 6.45) is -0.562. The zero-order valence-electron chi connectivity index (χ0n) is 14.8. The van der Waals surface area contributed by atoms with Gasteiger partial charge in [-0.3, -0.25) is 19.7 Å². The first kappa shape index (κ1) is 19.2. The van der Waals surface area contributed by atoms with Gasteiger partial charge in [0.15, 0.2) is 0 Å². The monoisotopic (exact) mass is 362 g/mol. The van der Waals surface area contributed by atoms with E-state index in [1.54, 1.807) is 31.2 Å². The van der Waals surface area contributed by atoms with Crippen LogP contribution >= 0.6 is 0 Å². The van der Waals surface area contributed by atoms with E-state index in [9.17, 15) is 19.2 Å². The third kappa shape index (κ3) is 4.95. The topological polar surface area (TPSA) is 108 Å². The number of likely N-dealkylation sites (N-methyl/N-ethyl adjacent to an activating group) is 1. The van der Waals surface area contributed by atoms with Crippen molar-refractivity contribution < 1.29 is 23.9 Å². The van der Waals surface area contributed by atoms with E-state index in [0.29, 0.717) is 25.3 Å². The highest BCUT2D eigenvalue weighted by molar-refractivity contribution is 6.35. The highest BCUT2D eigenvalue weighted by Gasteiger charge is 2.32. The van der Waals surface area contributed by atoms with Gasteiger partial charge in [0.1, 0.15) is 6.54 Å². The van der Waals surface area contributed by atoms with Crippen LogP contribution in [0.2, 0.25) is 0 Å². The van der Waals surface area contributed by atoms with Gasteiger partial charge in [0.05, 0.1) is 7.11 Å². The molecule has 0 aliphatic carbocycles. The first-order valence-electron chi connectivity index (χ1n) is 8.23. The van der Waals surface area contributed by atoms with Crippen molar-refractivity contribution in [3.63, 3.8) is 0 Å². The summed E-state index contributed by atoms with van der Waals surface area (Å²) in [5.74, 6) is -1.56. The lowest BCUT2D eigenvalue weighted by Gasteiger charge is -2.32. The molecule has 0 aromatic heterocycles. The highest BCUT2D eigenvalue weighted by atomic mass is 16.5. The molecule has 0 unspecified atom stereocenters. The molecule has 1 aromatic carbocycles. The fourth-order valence-electron chi connectivity index (χ4n) is 2.47. The molecule has 1 fully saturated rings. The van der Waals surface area contributed by atoms with Crippen molar-refractivity contribution in [3.05, 3.63) is 29.8 Å². The third-order valence-corrected chi connectivity index (χ3v) is 3.99. The number of benzene rings is 1. The molecular formula is C17H22N4O5. The van der Waals surface area contributed by atoms with E-state index in [0.717, 1.165) is 5.56 Å². The Morgan fingerprint density at radius 1 is 1.08 bits per heavy atom. The van der Waals surface area contributed by atoms with Crippen molar-refractivity contribution in [1.29, 1.82) is 0 Å². The van der Waals surface area contributed by atoms with Crippen LogP contribution in [0.5, 0.6) is 0 Å². The molecule has 1 saturated heterocycles. The second kappa shape index (κ2) is 8.84. The summed E-state index contributed by atoms with van der Waals surface area (Å²) < 4.78 is 4.50. The molecule has 1 aromatic rings. The summed E-state index contributed by atoms with van der Waals surface area (Å²) in [5.41, 5.74) is 1.40. The second-order valence-corrected chi connectivity index (χ2v) is 5.70. The van der Waals surface area contributed by atoms with E-state index in [2.05, 4.69) is 15.4 Å². The number of hydrogen-bond acceptors (Lipinski definition) is 5. The van der Waals surface area contributed by atoms with Gasteiger partial charge in [0.2, 0.25) is 5.91 Å². The average molecular weight is 362 g/mol. The van der Waals surface area contributed by atoms with E-state index >= 15 is 0 Å². The van der Waals surface area contributed by atoms with E-state index in [-0.39, 0.29) is 19.0 Å². The maximum atomic E-state index is 12.0. The van der Waals surface area contributed by atoms with Gasteiger partial charge in [0.25, 0.3) is 0 Å². The van der Waals surface area contributed by atoms with Crippen LogP contribution in [-0.4, -0.2) is 66.9 Å². The third-order valence-electron chi connectivity index (χ3n) is 3.99. The van der Waals surface area contributed by atoms with Crippen LogP contribution in [0.3, 0.4) is 0 Å². The lowest BCUT2D eigenvalue weighted by molar-refractivity contribution is -0.156. The predicted molar refractivity (Wildman–Crippen MR) is 93.2 cm³/mol. The molecule has 140 valence electrons. The molecule has 0 atom stereocenters. The highest BCUT2D eigenvalue weighted by Crippen LogP contribution is 2.10. The Morgan fingerprint density at radius 3 is 2.31 bits per heavy atom. The van der Waals surface area contributed by atoms with Crippen LogP contribution in [0, 0.1) is 0 Å². The van der Waals surface area contributed by atoms with Crippen molar-refractivity contribution in [2.45, 2.75) is 13.5 Å². The second-order valence-electron chi connectivity index (χ2n) is 5.70. The Bertz CT molecular complexity index is 689. The standard InChI is InChI=1S/C17H22N4O5/c1-3-20-8-9-21(16(24)15(20)23)11-14(22)18-10-12-4-6-13(7-5-12)19-17(25)26-2/h4-7H,3,8-11H2,1-2H3,(H,18,22)(H,19,25). The Labute approximate surface area is 151 Å². The largest absolute Gasteiger partial charge is 0.453 e. The fourth-order valence-corrected chi connectivity index (χ4v) is 2.47. The minimum Gasteiger partial charge on any atom is -0.453 e. The van der Waals surface area contributed by atoms with Crippen molar-refractivity contribution in [1.82, 2.24) is 15.1 Å². The number of hydrogen-bond donors (Lipinski definition) is 2.